The van der Waals surface area contributed by atoms with Crippen molar-refractivity contribution in [3.05, 3.63) is 0 Å². The highest BCUT2D eigenvalue weighted by Crippen LogP contribution is 2.47. The number of rotatable bonds is 3. The maximum atomic E-state index is 12.4. The molecular formula is C16H28O4. The van der Waals surface area contributed by atoms with Crippen molar-refractivity contribution in [2.45, 2.75) is 65.3 Å². The molecule has 0 bridgehead atoms. The van der Waals surface area contributed by atoms with Crippen LogP contribution >= 0.6 is 0 Å². The van der Waals surface area contributed by atoms with E-state index in [4.69, 9.17) is 14.2 Å². The van der Waals surface area contributed by atoms with E-state index in [2.05, 4.69) is 20.8 Å². The zero-order chi connectivity index (χ0) is 14.9. The number of carbonyl (C=O) groups is 1. The van der Waals surface area contributed by atoms with Crippen LogP contribution in [0.3, 0.4) is 0 Å². The highest BCUT2D eigenvalue weighted by atomic mass is 16.5. The smallest absolute Gasteiger partial charge is 0.311 e. The Hall–Kier alpha value is -0.610. The fraction of sp³-hybridized carbons (Fsp3) is 0.938. The van der Waals surface area contributed by atoms with Crippen molar-refractivity contribution < 1.29 is 19.0 Å². The van der Waals surface area contributed by atoms with Gasteiger partial charge in [-0.2, -0.15) is 0 Å². The lowest BCUT2D eigenvalue weighted by atomic mass is 9.72. The lowest BCUT2D eigenvalue weighted by Crippen LogP contribution is -2.40. The van der Waals surface area contributed by atoms with Crippen molar-refractivity contribution in [2.75, 3.05) is 13.7 Å². The van der Waals surface area contributed by atoms with E-state index >= 15 is 0 Å². The van der Waals surface area contributed by atoms with Crippen LogP contribution in [0.1, 0.15) is 47.0 Å². The van der Waals surface area contributed by atoms with E-state index in [1.165, 1.54) is 0 Å². The van der Waals surface area contributed by atoms with Gasteiger partial charge >= 0.3 is 5.97 Å². The maximum absolute atomic E-state index is 12.4. The number of fused-ring (bicyclic) bond motifs is 1. The first-order valence-corrected chi connectivity index (χ1v) is 7.73. The SMILES string of the molecule is CCOC(=O)C1C2CC(OC)CCC2OC1C(C)(C)C. The molecule has 0 aromatic rings. The van der Waals surface area contributed by atoms with Crippen LogP contribution in [-0.4, -0.2) is 38.0 Å². The molecule has 5 atom stereocenters. The van der Waals surface area contributed by atoms with E-state index in [-0.39, 0.29) is 41.5 Å². The minimum Gasteiger partial charge on any atom is -0.466 e. The van der Waals surface area contributed by atoms with Gasteiger partial charge in [-0.3, -0.25) is 4.79 Å². The first kappa shape index (κ1) is 15.8. The molecule has 2 fully saturated rings. The second kappa shape index (κ2) is 6.02. The molecular weight excluding hydrogens is 256 g/mol. The van der Waals surface area contributed by atoms with Crippen molar-refractivity contribution >= 4 is 5.97 Å². The summed E-state index contributed by atoms with van der Waals surface area (Å²) in [5.74, 6) is -0.0217. The van der Waals surface area contributed by atoms with Crippen LogP contribution in [0.25, 0.3) is 0 Å². The Bertz CT molecular complexity index is 347. The van der Waals surface area contributed by atoms with Gasteiger partial charge in [-0.25, -0.2) is 0 Å². The second-order valence-corrected chi connectivity index (χ2v) is 7.07. The van der Waals surface area contributed by atoms with Crippen LogP contribution in [-0.2, 0) is 19.0 Å². The molecule has 2 aliphatic rings. The monoisotopic (exact) mass is 284 g/mol. The van der Waals surface area contributed by atoms with Gasteiger partial charge in [0.2, 0.25) is 0 Å². The van der Waals surface area contributed by atoms with Gasteiger partial charge in [-0.05, 0) is 31.6 Å². The van der Waals surface area contributed by atoms with Gasteiger partial charge in [0.05, 0.1) is 30.8 Å². The van der Waals surface area contributed by atoms with Crippen LogP contribution in [0.2, 0.25) is 0 Å². The first-order chi connectivity index (χ1) is 9.38. The summed E-state index contributed by atoms with van der Waals surface area (Å²) in [6.07, 6.45) is 3.26. The van der Waals surface area contributed by atoms with E-state index < -0.39 is 0 Å². The molecule has 1 heterocycles. The standard InChI is InChI=1S/C16H28O4/c1-6-19-15(17)13-11-9-10(18-5)7-8-12(11)20-14(13)16(2,3)4/h10-14H,6-9H2,1-5H3. The van der Waals surface area contributed by atoms with Crippen molar-refractivity contribution in [2.24, 2.45) is 17.3 Å². The van der Waals surface area contributed by atoms with E-state index in [9.17, 15) is 4.79 Å². The van der Waals surface area contributed by atoms with Gasteiger partial charge in [-0.15, -0.1) is 0 Å². The number of ether oxygens (including phenoxy) is 3. The zero-order valence-electron chi connectivity index (χ0n) is 13.3. The molecule has 0 aromatic heterocycles. The summed E-state index contributed by atoms with van der Waals surface area (Å²) >= 11 is 0. The minimum atomic E-state index is -0.155. The molecule has 20 heavy (non-hydrogen) atoms. The Kier molecular flexibility index (Phi) is 4.75. The van der Waals surface area contributed by atoms with Gasteiger partial charge in [-0.1, -0.05) is 20.8 Å². The Morgan fingerprint density at radius 1 is 1.30 bits per heavy atom. The summed E-state index contributed by atoms with van der Waals surface area (Å²) in [5.41, 5.74) is -0.0582. The molecule has 0 N–H and O–H groups in total. The van der Waals surface area contributed by atoms with Crippen LogP contribution in [0, 0.1) is 17.3 Å². The van der Waals surface area contributed by atoms with Crippen molar-refractivity contribution in [1.29, 1.82) is 0 Å². The molecule has 1 saturated carbocycles. The highest BCUT2D eigenvalue weighted by Gasteiger charge is 2.54. The van der Waals surface area contributed by atoms with Crippen molar-refractivity contribution in [3.63, 3.8) is 0 Å². The fourth-order valence-corrected chi connectivity index (χ4v) is 3.68. The molecule has 1 saturated heterocycles. The van der Waals surface area contributed by atoms with E-state index in [0.717, 1.165) is 19.3 Å². The van der Waals surface area contributed by atoms with Crippen LogP contribution in [0.15, 0.2) is 0 Å². The topological polar surface area (TPSA) is 44.8 Å². The lowest BCUT2D eigenvalue weighted by molar-refractivity contribution is -0.153. The Morgan fingerprint density at radius 2 is 2.00 bits per heavy atom. The zero-order valence-corrected chi connectivity index (χ0v) is 13.3. The Balaban J connectivity index is 2.21. The third-order valence-electron chi connectivity index (χ3n) is 4.64. The summed E-state index contributed by atoms with van der Waals surface area (Å²) < 4.78 is 17.1. The average molecular weight is 284 g/mol. The number of methoxy groups -OCH3 is 1. The maximum Gasteiger partial charge on any atom is 0.311 e. The van der Waals surface area contributed by atoms with Crippen molar-refractivity contribution in [1.82, 2.24) is 0 Å². The van der Waals surface area contributed by atoms with Gasteiger partial charge in [0.1, 0.15) is 0 Å². The molecule has 4 nitrogen and oxygen atoms in total. The van der Waals surface area contributed by atoms with Crippen LogP contribution in [0.4, 0.5) is 0 Å². The quantitative estimate of drug-likeness (QED) is 0.748. The average Bonchev–Trinajstić information content (AvgIpc) is 2.77. The number of carbonyl (C=O) groups excluding carboxylic acids is 1. The molecule has 0 aromatic carbocycles. The molecule has 116 valence electrons. The molecule has 1 aliphatic heterocycles. The second-order valence-electron chi connectivity index (χ2n) is 7.07. The third-order valence-corrected chi connectivity index (χ3v) is 4.64. The first-order valence-electron chi connectivity index (χ1n) is 7.73. The van der Waals surface area contributed by atoms with Gasteiger partial charge in [0, 0.05) is 13.0 Å². The number of esters is 1. The third kappa shape index (κ3) is 3.01. The van der Waals surface area contributed by atoms with Gasteiger partial charge in [0.25, 0.3) is 0 Å². The molecule has 5 unspecified atom stereocenters. The summed E-state index contributed by atoms with van der Waals surface area (Å²) in [7, 11) is 1.75. The van der Waals surface area contributed by atoms with Crippen LogP contribution in [0.5, 0.6) is 0 Å². The fourth-order valence-electron chi connectivity index (χ4n) is 3.68. The summed E-state index contributed by atoms with van der Waals surface area (Å²) in [5, 5.41) is 0. The number of hydrogen-bond donors (Lipinski definition) is 0. The van der Waals surface area contributed by atoms with Gasteiger partial charge in [0.15, 0.2) is 0 Å². The molecule has 4 heteroatoms. The predicted octanol–water partition coefficient (Wildman–Crippen LogP) is 2.79. The normalized spacial score (nSPS) is 37.5. The summed E-state index contributed by atoms with van der Waals surface area (Å²) in [6, 6.07) is 0. The van der Waals surface area contributed by atoms with Crippen molar-refractivity contribution in [3.8, 4) is 0 Å². The largest absolute Gasteiger partial charge is 0.466 e. The highest BCUT2D eigenvalue weighted by molar-refractivity contribution is 5.74. The van der Waals surface area contributed by atoms with Crippen LogP contribution < -0.4 is 0 Å². The van der Waals surface area contributed by atoms with E-state index in [0.29, 0.717) is 6.61 Å². The minimum absolute atomic E-state index is 0.0582. The Morgan fingerprint density at radius 3 is 2.55 bits per heavy atom. The molecule has 0 spiro atoms. The molecule has 0 amide bonds. The molecule has 1 aliphatic carbocycles. The number of hydrogen-bond acceptors (Lipinski definition) is 4. The van der Waals surface area contributed by atoms with E-state index in [1.54, 1.807) is 7.11 Å². The lowest BCUT2D eigenvalue weighted by Gasteiger charge is -2.32. The predicted molar refractivity (Wildman–Crippen MR) is 76.4 cm³/mol. The van der Waals surface area contributed by atoms with E-state index in [1.807, 2.05) is 6.92 Å². The summed E-state index contributed by atoms with van der Waals surface area (Å²) in [6.45, 7) is 8.69. The molecule has 0 radical (unpaired) electrons. The molecule has 2 rings (SSSR count). The van der Waals surface area contributed by atoms with Gasteiger partial charge < -0.3 is 14.2 Å². The Labute approximate surface area is 122 Å². The summed E-state index contributed by atoms with van der Waals surface area (Å²) in [4.78, 5) is 12.4.